The van der Waals surface area contributed by atoms with Gasteiger partial charge in [0, 0.05) is 17.7 Å². The summed E-state index contributed by atoms with van der Waals surface area (Å²) >= 11 is 0. The second kappa shape index (κ2) is 7.38. The number of ether oxygens (including phenoxy) is 1. The first-order valence-electron chi connectivity index (χ1n) is 10.6. The molecule has 0 fully saturated rings. The number of allylic oxidation sites excluding steroid dienone is 1. The van der Waals surface area contributed by atoms with E-state index in [0.717, 1.165) is 34.6 Å². The fourth-order valence-corrected chi connectivity index (χ4v) is 4.44. The first-order valence-corrected chi connectivity index (χ1v) is 10.6. The predicted octanol–water partition coefficient (Wildman–Crippen LogP) is 5.63. The largest absolute Gasteiger partial charge is 0.504 e. The van der Waals surface area contributed by atoms with Gasteiger partial charge in [-0.3, -0.25) is 4.79 Å². The Kier molecular flexibility index (Phi) is 5.00. The predicted molar refractivity (Wildman–Crippen MR) is 120 cm³/mol. The Hall–Kier alpha value is -2.95. The van der Waals surface area contributed by atoms with Gasteiger partial charge in [0.05, 0.1) is 24.0 Å². The van der Waals surface area contributed by atoms with Gasteiger partial charge in [0.25, 0.3) is 0 Å². The van der Waals surface area contributed by atoms with Crippen LogP contribution in [0.3, 0.4) is 0 Å². The number of aromatic hydroxyl groups is 1. The van der Waals surface area contributed by atoms with E-state index in [-0.39, 0.29) is 23.0 Å². The number of fused-ring (bicyclic) bond motifs is 1. The second-order valence-corrected chi connectivity index (χ2v) is 9.18. The molecule has 1 unspecified atom stereocenters. The van der Waals surface area contributed by atoms with Crippen molar-refractivity contribution in [1.29, 1.82) is 0 Å². The van der Waals surface area contributed by atoms with Crippen LogP contribution in [-0.2, 0) is 4.79 Å². The van der Waals surface area contributed by atoms with Gasteiger partial charge in [0.2, 0.25) is 0 Å². The molecule has 0 saturated carbocycles. The molecule has 0 spiro atoms. The highest BCUT2D eigenvalue weighted by Crippen LogP contribution is 2.46. The van der Waals surface area contributed by atoms with Crippen LogP contribution in [0, 0.1) is 19.3 Å². The van der Waals surface area contributed by atoms with Crippen LogP contribution in [0.15, 0.2) is 41.6 Å². The van der Waals surface area contributed by atoms with Crippen LogP contribution in [0.5, 0.6) is 11.5 Å². The SMILES string of the molecule is CCOc1cc(C2Nc3cc(C)c(C)cc3NC3=C2C(=O)CC(C)(C)C3)ccc1O. The van der Waals surface area contributed by atoms with Gasteiger partial charge in [-0.2, -0.15) is 0 Å². The van der Waals surface area contributed by atoms with Crippen molar-refractivity contribution in [2.75, 3.05) is 17.2 Å². The molecule has 0 bridgehead atoms. The van der Waals surface area contributed by atoms with Crippen molar-refractivity contribution in [2.45, 2.75) is 53.5 Å². The molecule has 1 aliphatic carbocycles. The minimum Gasteiger partial charge on any atom is -0.504 e. The number of carbonyl (C=O) groups excluding carboxylic acids is 1. The van der Waals surface area contributed by atoms with Crippen LogP contribution in [-0.4, -0.2) is 17.5 Å². The van der Waals surface area contributed by atoms with E-state index < -0.39 is 0 Å². The smallest absolute Gasteiger partial charge is 0.163 e. The number of carbonyl (C=O) groups is 1. The Balaban J connectivity index is 1.89. The number of hydrogen-bond donors (Lipinski definition) is 3. The van der Waals surface area contributed by atoms with Gasteiger partial charge in [0.1, 0.15) is 0 Å². The van der Waals surface area contributed by atoms with Crippen molar-refractivity contribution < 1.29 is 14.6 Å². The third-order valence-electron chi connectivity index (χ3n) is 6.04. The second-order valence-electron chi connectivity index (χ2n) is 9.18. The van der Waals surface area contributed by atoms with Gasteiger partial charge in [-0.05, 0) is 73.6 Å². The lowest BCUT2D eigenvalue weighted by molar-refractivity contribution is -0.118. The zero-order valence-electron chi connectivity index (χ0n) is 18.3. The monoisotopic (exact) mass is 406 g/mol. The number of benzene rings is 2. The number of nitrogens with one attached hydrogen (secondary N) is 2. The topological polar surface area (TPSA) is 70.6 Å². The van der Waals surface area contributed by atoms with Crippen LogP contribution >= 0.6 is 0 Å². The Morgan fingerprint density at radius 1 is 1.10 bits per heavy atom. The molecule has 0 aromatic heterocycles. The summed E-state index contributed by atoms with van der Waals surface area (Å²) < 4.78 is 5.61. The molecule has 2 aliphatic rings. The normalized spacial score (nSPS) is 19.9. The molecular formula is C25H30N2O3. The van der Waals surface area contributed by atoms with Gasteiger partial charge in [-0.1, -0.05) is 19.9 Å². The third-order valence-corrected chi connectivity index (χ3v) is 6.04. The van der Waals surface area contributed by atoms with Crippen LogP contribution in [0.2, 0.25) is 0 Å². The quantitative estimate of drug-likeness (QED) is 0.616. The van der Waals surface area contributed by atoms with Gasteiger partial charge in [0.15, 0.2) is 17.3 Å². The molecule has 30 heavy (non-hydrogen) atoms. The van der Waals surface area contributed by atoms with Crippen LogP contribution < -0.4 is 15.4 Å². The van der Waals surface area contributed by atoms with E-state index in [4.69, 9.17) is 4.74 Å². The Labute approximate surface area is 178 Å². The number of anilines is 2. The molecule has 5 nitrogen and oxygen atoms in total. The number of aryl methyl sites for hydroxylation is 2. The average Bonchev–Trinajstić information content (AvgIpc) is 2.80. The molecule has 1 heterocycles. The fraction of sp³-hybridized carbons (Fsp3) is 0.400. The summed E-state index contributed by atoms with van der Waals surface area (Å²) in [5.41, 5.74) is 6.89. The van der Waals surface area contributed by atoms with E-state index in [1.807, 2.05) is 19.1 Å². The van der Waals surface area contributed by atoms with Crippen LogP contribution in [0.25, 0.3) is 0 Å². The Morgan fingerprint density at radius 3 is 2.50 bits per heavy atom. The summed E-state index contributed by atoms with van der Waals surface area (Å²) in [7, 11) is 0. The highest BCUT2D eigenvalue weighted by atomic mass is 16.5. The minimum absolute atomic E-state index is 0.0941. The van der Waals surface area contributed by atoms with E-state index in [0.29, 0.717) is 18.8 Å². The van der Waals surface area contributed by atoms with Crippen molar-refractivity contribution >= 4 is 17.2 Å². The number of rotatable bonds is 3. The number of ketones is 1. The first kappa shape index (κ1) is 20.3. The first-order chi connectivity index (χ1) is 14.2. The molecule has 1 atom stereocenters. The van der Waals surface area contributed by atoms with E-state index in [1.165, 1.54) is 11.1 Å². The van der Waals surface area contributed by atoms with Crippen molar-refractivity contribution in [1.82, 2.24) is 0 Å². The van der Waals surface area contributed by atoms with Crippen molar-refractivity contribution in [3.63, 3.8) is 0 Å². The summed E-state index contributed by atoms with van der Waals surface area (Å²) in [4.78, 5) is 13.3. The molecule has 4 rings (SSSR count). The summed E-state index contributed by atoms with van der Waals surface area (Å²) in [5, 5.41) is 17.4. The summed E-state index contributed by atoms with van der Waals surface area (Å²) in [6, 6.07) is 9.28. The number of hydrogen-bond acceptors (Lipinski definition) is 5. The van der Waals surface area contributed by atoms with Crippen molar-refractivity contribution in [3.05, 3.63) is 58.3 Å². The molecule has 2 aromatic rings. The maximum atomic E-state index is 13.3. The van der Waals surface area contributed by atoms with E-state index in [2.05, 4.69) is 50.5 Å². The van der Waals surface area contributed by atoms with E-state index in [1.54, 1.807) is 6.07 Å². The summed E-state index contributed by atoms with van der Waals surface area (Å²) in [6.07, 6.45) is 1.31. The van der Waals surface area contributed by atoms with Gasteiger partial charge >= 0.3 is 0 Å². The third kappa shape index (κ3) is 3.64. The van der Waals surface area contributed by atoms with E-state index in [9.17, 15) is 9.90 Å². The van der Waals surface area contributed by atoms with Gasteiger partial charge in [-0.25, -0.2) is 0 Å². The fourth-order valence-electron chi connectivity index (χ4n) is 4.44. The molecule has 3 N–H and O–H groups in total. The maximum absolute atomic E-state index is 13.3. The zero-order chi connectivity index (χ0) is 21.6. The molecule has 0 amide bonds. The minimum atomic E-state index is -0.320. The highest BCUT2D eigenvalue weighted by molar-refractivity contribution is 6.01. The van der Waals surface area contributed by atoms with E-state index >= 15 is 0 Å². The Morgan fingerprint density at radius 2 is 1.80 bits per heavy atom. The van der Waals surface area contributed by atoms with Crippen molar-refractivity contribution in [2.24, 2.45) is 5.41 Å². The maximum Gasteiger partial charge on any atom is 0.163 e. The average molecular weight is 407 g/mol. The molecule has 158 valence electrons. The molecule has 1 aliphatic heterocycles. The van der Waals surface area contributed by atoms with Crippen molar-refractivity contribution in [3.8, 4) is 11.5 Å². The summed E-state index contributed by atoms with van der Waals surface area (Å²) in [6.45, 7) is 10.8. The standard InChI is InChI=1S/C25H30N2O3/c1-6-30-22-11-16(7-8-20(22)28)24-23-19(12-25(4,5)13-21(23)29)26-17-9-14(2)15(3)10-18(17)27-24/h7-11,24,26-28H,6,12-13H2,1-5H3. The molecular weight excluding hydrogens is 376 g/mol. The zero-order valence-corrected chi connectivity index (χ0v) is 18.3. The molecule has 0 radical (unpaired) electrons. The lowest BCUT2D eigenvalue weighted by Gasteiger charge is -2.34. The summed E-state index contributed by atoms with van der Waals surface area (Å²) in [5.74, 6) is 0.683. The molecule has 5 heteroatoms. The van der Waals surface area contributed by atoms with Gasteiger partial charge in [-0.15, -0.1) is 0 Å². The molecule has 0 saturated heterocycles. The Bertz CT molecular complexity index is 1050. The number of Topliss-reactive ketones (excluding diaryl/α,β-unsaturated/α-hetero) is 1. The van der Waals surface area contributed by atoms with Crippen LogP contribution in [0.4, 0.5) is 11.4 Å². The molecule has 2 aromatic carbocycles. The lowest BCUT2D eigenvalue weighted by Crippen LogP contribution is -2.31. The number of phenols is 1. The van der Waals surface area contributed by atoms with Crippen LogP contribution in [0.1, 0.15) is 56.3 Å². The number of phenolic OH excluding ortho intramolecular Hbond substituents is 1. The lowest BCUT2D eigenvalue weighted by atomic mass is 9.73. The van der Waals surface area contributed by atoms with Gasteiger partial charge < -0.3 is 20.5 Å². The highest BCUT2D eigenvalue weighted by Gasteiger charge is 2.39.